The van der Waals surface area contributed by atoms with Crippen LogP contribution in [0.4, 0.5) is 0 Å². The van der Waals surface area contributed by atoms with Gasteiger partial charge >= 0.3 is 0 Å². The number of carbonyl (C=O) groups is 1. The van der Waals surface area contributed by atoms with Gasteiger partial charge in [-0.3, -0.25) is 9.69 Å². The van der Waals surface area contributed by atoms with Gasteiger partial charge in [-0.15, -0.1) is 0 Å². The molecule has 1 unspecified atom stereocenters. The average Bonchev–Trinajstić information content (AvgIpc) is 2.48. The molecule has 6 nitrogen and oxygen atoms in total. The van der Waals surface area contributed by atoms with E-state index in [1.165, 1.54) is 6.20 Å². The van der Waals surface area contributed by atoms with Gasteiger partial charge in [0.15, 0.2) is 0 Å². The summed E-state index contributed by atoms with van der Waals surface area (Å²) < 4.78 is 5.29. The first kappa shape index (κ1) is 14.4. The number of morpholine rings is 1. The van der Waals surface area contributed by atoms with Crippen LogP contribution in [0.2, 0.25) is 0 Å². The highest BCUT2D eigenvalue weighted by atomic mass is 16.5. The van der Waals surface area contributed by atoms with E-state index in [0.29, 0.717) is 11.3 Å². The Morgan fingerprint density at radius 2 is 2.30 bits per heavy atom. The van der Waals surface area contributed by atoms with E-state index in [9.17, 15) is 4.79 Å². The molecule has 106 valence electrons. The molecule has 0 bridgehead atoms. The van der Waals surface area contributed by atoms with Crippen LogP contribution in [0.1, 0.15) is 23.0 Å². The lowest BCUT2D eigenvalue weighted by Gasteiger charge is -2.29. The second-order valence-electron chi connectivity index (χ2n) is 4.83. The van der Waals surface area contributed by atoms with Gasteiger partial charge < -0.3 is 10.1 Å². The van der Waals surface area contributed by atoms with Crippen molar-refractivity contribution in [1.29, 1.82) is 5.26 Å². The molecule has 2 heterocycles. The Morgan fingerprint density at radius 3 is 2.90 bits per heavy atom. The SMILES string of the molecule is CC(CN1CCOCC1)NC(=O)c1ccc(C#N)cn1. The van der Waals surface area contributed by atoms with Crippen molar-refractivity contribution in [3.63, 3.8) is 0 Å². The zero-order valence-electron chi connectivity index (χ0n) is 11.5. The van der Waals surface area contributed by atoms with Crippen molar-refractivity contribution in [3.8, 4) is 6.07 Å². The molecular formula is C14H18N4O2. The van der Waals surface area contributed by atoms with E-state index < -0.39 is 0 Å². The van der Waals surface area contributed by atoms with Crippen LogP contribution in [-0.2, 0) is 4.74 Å². The number of hydrogen-bond acceptors (Lipinski definition) is 5. The van der Waals surface area contributed by atoms with Crippen LogP contribution < -0.4 is 5.32 Å². The molecular weight excluding hydrogens is 256 g/mol. The summed E-state index contributed by atoms with van der Waals surface area (Å²) in [4.78, 5) is 18.2. The molecule has 1 aromatic heterocycles. The molecule has 0 saturated carbocycles. The van der Waals surface area contributed by atoms with E-state index >= 15 is 0 Å². The number of carbonyl (C=O) groups excluding carboxylic acids is 1. The third-order valence-corrected chi connectivity index (χ3v) is 3.14. The number of pyridine rings is 1. The molecule has 0 aliphatic carbocycles. The van der Waals surface area contributed by atoms with Crippen LogP contribution >= 0.6 is 0 Å². The number of hydrogen-bond donors (Lipinski definition) is 1. The van der Waals surface area contributed by atoms with Crippen LogP contribution in [0.3, 0.4) is 0 Å². The lowest BCUT2D eigenvalue weighted by molar-refractivity contribution is 0.0342. The molecule has 0 spiro atoms. The number of nitrogens with one attached hydrogen (secondary N) is 1. The van der Waals surface area contributed by atoms with Crippen molar-refractivity contribution in [3.05, 3.63) is 29.6 Å². The molecule has 1 fully saturated rings. The van der Waals surface area contributed by atoms with Gasteiger partial charge in [-0.05, 0) is 19.1 Å². The summed E-state index contributed by atoms with van der Waals surface area (Å²) in [6, 6.07) is 5.17. The molecule has 20 heavy (non-hydrogen) atoms. The molecule has 1 aliphatic rings. The maximum Gasteiger partial charge on any atom is 0.270 e. The maximum absolute atomic E-state index is 12.0. The van der Waals surface area contributed by atoms with Crippen molar-refractivity contribution in [2.75, 3.05) is 32.8 Å². The monoisotopic (exact) mass is 274 g/mol. The predicted molar refractivity (Wildman–Crippen MR) is 73.1 cm³/mol. The number of aromatic nitrogens is 1. The van der Waals surface area contributed by atoms with Gasteiger partial charge in [0.1, 0.15) is 11.8 Å². The van der Waals surface area contributed by atoms with Crippen molar-refractivity contribution < 1.29 is 9.53 Å². The number of amides is 1. The predicted octanol–water partition coefficient (Wildman–Crippen LogP) is 0.404. The van der Waals surface area contributed by atoms with Gasteiger partial charge in [-0.1, -0.05) is 0 Å². The normalized spacial score (nSPS) is 17.2. The zero-order chi connectivity index (χ0) is 14.4. The Kier molecular flexibility index (Phi) is 5.04. The van der Waals surface area contributed by atoms with Gasteiger partial charge in [0.05, 0.1) is 18.8 Å². The molecule has 1 atom stereocenters. The first-order chi connectivity index (χ1) is 9.69. The highest BCUT2D eigenvalue weighted by Crippen LogP contribution is 2.01. The van der Waals surface area contributed by atoms with Crippen LogP contribution in [-0.4, -0.2) is 54.7 Å². The third kappa shape index (κ3) is 4.02. The van der Waals surface area contributed by atoms with Gasteiger partial charge in [-0.2, -0.15) is 5.26 Å². The van der Waals surface area contributed by atoms with Crippen LogP contribution in [0.15, 0.2) is 18.3 Å². The fraction of sp³-hybridized carbons (Fsp3) is 0.500. The molecule has 1 aliphatic heterocycles. The van der Waals surface area contributed by atoms with Crippen molar-refractivity contribution in [2.24, 2.45) is 0 Å². The van der Waals surface area contributed by atoms with E-state index in [1.54, 1.807) is 12.1 Å². The molecule has 6 heteroatoms. The fourth-order valence-corrected chi connectivity index (χ4v) is 2.11. The van der Waals surface area contributed by atoms with E-state index in [2.05, 4.69) is 15.2 Å². The topological polar surface area (TPSA) is 78.2 Å². The molecule has 1 saturated heterocycles. The minimum Gasteiger partial charge on any atom is -0.379 e. The average molecular weight is 274 g/mol. The van der Waals surface area contributed by atoms with E-state index in [0.717, 1.165) is 32.8 Å². The highest BCUT2D eigenvalue weighted by Gasteiger charge is 2.16. The first-order valence-corrected chi connectivity index (χ1v) is 6.66. The Balaban J connectivity index is 1.84. The Bertz CT molecular complexity index is 489. The smallest absolute Gasteiger partial charge is 0.270 e. The molecule has 0 aromatic carbocycles. The highest BCUT2D eigenvalue weighted by molar-refractivity contribution is 5.92. The second-order valence-corrected chi connectivity index (χ2v) is 4.83. The summed E-state index contributed by atoms with van der Waals surface area (Å²) in [6.45, 7) is 6.06. The van der Waals surface area contributed by atoms with Crippen molar-refractivity contribution >= 4 is 5.91 Å². The lowest BCUT2D eigenvalue weighted by atomic mass is 10.2. The summed E-state index contributed by atoms with van der Waals surface area (Å²) in [5.41, 5.74) is 0.778. The van der Waals surface area contributed by atoms with E-state index in [1.807, 2.05) is 13.0 Å². The van der Waals surface area contributed by atoms with Gasteiger partial charge in [0, 0.05) is 31.9 Å². The minimum atomic E-state index is -0.213. The Morgan fingerprint density at radius 1 is 1.55 bits per heavy atom. The van der Waals surface area contributed by atoms with Crippen LogP contribution in [0, 0.1) is 11.3 Å². The second kappa shape index (κ2) is 6.98. The summed E-state index contributed by atoms with van der Waals surface area (Å²) >= 11 is 0. The molecule has 1 aromatic rings. The summed E-state index contributed by atoms with van der Waals surface area (Å²) in [7, 11) is 0. The molecule has 1 amide bonds. The first-order valence-electron chi connectivity index (χ1n) is 6.66. The lowest BCUT2D eigenvalue weighted by Crippen LogP contribution is -2.46. The van der Waals surface area contributed by atoms with Crippen molar-refractivity contribution in [2.45, 2.75) is 13.0 Å². The third-order valence-electron chi connectivity index (χ3n) is 3.14. The number of rotatable bonds is 4. The molecule has 1 N–H and O–H groups in total. The van der Waals surface area contributed by atoms with Gasteiger partial charge in [-0.25, -0.2) is 4.98 Å². The van der Waals surface area contributed by atoms with E-state index in [4.69, 9.17) is 10.00 Å². The van der Waals surface area contributed by atoms with Crippen LogP contribution in [0.5, 0.6) is 0 Å². The Hall–Kier alpha value is -1.97. The number of nitrogens with zero attached hydrogens (tertiary/aromatic N) is 3. The molecule has 2 rings (SSSR count). The van der Waals surface area contributed by atoms with Gasteiger partial charge in [0.25, 0.3) is 5.91 Å². The van der Waals surface area contributed by atoms with Crippen LogP contribution in [0.25, 0.3) is 0 Å². The largest absolute Gasteiger partial charge is 0.379 e. The summed E-state index contributed by atoms with van der Waals surface area (Å²) in [6.07, 6.45) is 1.40. The quantitative estimate of drug-likeness (QED) is 0.860. The standard InChI is InChI=1S/C14H18N4O2/c1-11(10-18-4-6-20-7-5-18)17-14(19)13-3-2-12(8-15)9-16-13/h2-3,9,11H,4-7,10H2,1H3,(H,17,19). The summed E-state index contributed by atoms with van der Waals surface area (Å²) in [5, 5.41) is 11.6. The van der Waals surface area contributed by atoms with Gasteiger partial charge in [0.2, 0.25) is 0 Å². The molecule has 0 radical (unpaired) electrons. The minimum absolute atomic E-state index is 0.0399. The zero-order valence-corrected chi connectivity index (χ0v) is 11.5. The number of nitriles is 1. The maximum atomic E-state index is 12.0. The number of ether oxygens (including phenoxy) is 1. The Labute approximate surface area is 118 Å². The van der Waals surface area contributed by atoms with E-state index in [-0.39, 0.29) is 11.9 Å². The summed E-state index contributed by atoms with van der Waals surface area (Å²) in [5.74, 6) is -0.213. The fourth-order valence-electron chi connectivity index (χ4n) is 2.11. The van der Waals surface area contributed by atoms with Crippen molar-refractivity contribution in [1.82, 2.24) is 15.2 Å².